The Morgan fingerprint density at radius 3 is 2.19 bits per heavy atom. The Bertz CT molecular complexity index is 334. The van der Waals surface area contributed by atoms with Crippen molar-refractivity contribution < 1.29 is 0 Å². The second kappa shape index (κ2) is 7.27. The van der Waals surface area contributed by atoms with Crippen molar-refractivity contribution in [2.45, 2.75) is 53.9 Å². The van der Waals surface area contributed by atoms with Gasteiger partial charge in [-0.15, -0.1) is 0 Å². The number of benzene rings is 1. The third-order valence-corrected chi connectivity index (χ3v) is 2.85. The molecule has 1 aromatic carbocycles. The second-order valence-electron chi connectivity index (χ2n) is 4.56. The van der Waals surface area contributed by atoms with Gasteiger partial charge in [-0.25, -0.2) is 0 Å². The van der Waals surface area contributed by atoms with Crippen molar-refractivity contribution in [1.29, 1.82) is 0 Å². The van der Waals surface area contributed by atoms with Gasteiger partial charge in [0.05, 0.1) is 0 Å². The molecule has 0 aliphatic carbocycles. The van der Waals surface area contributed by atoms with E-state index in [-0.39, 0.29) is 0 Å². The molecule has 0 fully saturated rings. The lowest BCUT2D eigenvalue weighted by atomic mass is 9.90. The smallest absolute Gasteiger partial charge is 0.00170 e. The first-order valence-corrected chi connectivity index (χ1v) is 6.17. The molecule has 0 saturated carbocycles. The van der Waals surface area contributed by atoms with Gasteiger partial charge in [0, 0.05) is 5.92 Å². The van der Waals surface area contributed by atoms with Gasteiger partial charge in [0.1, 0.15) is 0 Å². The Balaban J connectivity index is 0.000000673. The van der Waals surface area contributed by atoms with E-state index in [9.17, 15) is 0 Å². The lowest BCUT2D eigenvalue weighted by molar-refractivity contribution is 0.885. The van der Waals surface area contributed by atoms with Crippen LogP contribution in [-0.2, 0) is 0 Å². The fourth-order valence-electron chi connectivity index (χ4n) is 1.51. The molecule has 0 spiro atoms. The molecule has 1 atom stereocenters. The Labute approximate surface area is 101 Å². The molecule has 16 heavy (non-hydrogen) atoms. The number of hydrogen-bond donors (Lipinski definition) is 0. The van der Waals surface area contributed by atoms with Crippen molar-refractivity contribution in [3.8, 4) is 0 Å². The lowest BCUT2D eigenvalue weighted by Gasteiger charge is -2.15. The zero-order valence-electron chi connectivity index (χ0n) is 11.7. The fourth-order valence-corrected chi connectivity index (χ4v) is 1.51. The number of allylic oxidation sites excluding steroid dienone is 1. The standard InChI is InChI=1S/C13H18.C3H8/c1-9(2)11(4)13-8-6-7-10(3)12(13)5;1-3-2/h6-8,11H,1H2,2-5H3;3H2,1-2H3. The summed E-state index contributed by atoms with van der Waals surface area (Å²) in [5.74, 6) is 0.472. The van der Waals surface area contributed by atoms with E-state index >= 15 is 0 Å². The highest BCUT2D eigenvalue weighted by atomic mass is 14.1. The van der Waals surface area contributed by atoms with Crippen molar-refractivity contribution in [1.82, 2.24) is 0 Å². The summed E-state index contributed by atoms with van der Waals surface area (Å²) in [5.41, 5.74) is 5.41. The van der Waals surface area contributed by atoms with E-state index in [0.717, 1.165) is 0 Å². The molecule has 0 radical (unpaired) electrons. The summed E-state index contributed by atoms with van der Waals surface area (Å²) in [6.07, 6.45) is 1.25. The minimum atomic E-state index is 0.472. The first-order chi connectivity index (χ1) is 7.45. The van der Waals surface area contributed by atoms with Crippen LogP contribution in [0.4, 0.5) is 0 Å². The maximum atomic E-state index is 4.00. The number of aryl methyl sites for hydroxylation is 1. The molecule has 1 rings (SSSR count). The molecule has 0 saturated heterocycles. The third kappa shape index (κ3) is 4.22. The summed E-state index contributed by atoms with van der Waals surface area (Å²) in [4.78, 5) is 0. The molecule has 0 heterocycles. The van der Waals surface area contributed by atoms with Crippen LogP contribution in [0.3, 0.4) is 0 Å². The molecule has 0 aliphatic heterocycles. The SMILES string of the molecule is C=C(C)C(C)c1cccc(C)c1C.CCC. The minimum Gasteiger partial charge on any atom is -0.0995 e. The highest BCUT2D eigenvalue weighted by molar-refractivity contribution is 5.38. The molecule has 0 aliphatic rings. The van der Waals surface area contributed by atoms with E-state index in [1.54, 1.807) is 0 Å². The van der Waals surface area contributed by atoms with Crippen LogP contribution < -0.4 is 0 Å². The minimum absolute atomic E-state index is 0.472. The van der Waals surface area contributed by atoms with Crippen molar-refractivity contribution in [3.05, 3.63) is 47.0 Å². The van der Waals surface area contributed by atoms with Gasteiger partial charge in [-0.2, -0.15) is 0 Å². The van der Waals surface area contributed by atoms with Gasteiger partial charge in [-0.05, 0) is 37.5 Å². The lowest BCUT2D eigenvalue weighted by Crippen LogP contribution is -1.98. The van der Waals surface area contributed by atoms with Crippen LogP contribution in [-0.4, -0.2) is 0 Å². The molecule has 1 unspecified atom stereocenters. The average molecular weight is 218 g/mol. The Hall–Kier alpha value is -1.04. The van der Waals surface area contributed by atoms with E-state index in [2.05, 4.69) is 66.3 Å². The van der Waals surface area contributed by atoms with Crippen molar-refractivity contribution >= 4 is 0 Å². The van der Waals surface area contributed by atoms with Gasteiger partial charge in [0.15, 0.2) is 0 Å². The van der Waals surface area contributed by atoms with Gasteiger partial charge >= 0.3 is 0 Å². The van der Waals surface area contributed by atoms with Crippen LogP contribution in [0.15, 0.2) is 30.4 Å². The maximum Gasteiger partial charge on any atom is 0.00170 e. The molecule has 0 aromatic heterocycles. The van der Waals surface area contributed by atoms with Crippen molar-refractivity contribution in [2.75, 3.05) is 0 Å². The fraction of sp³-hybridized carbons (Fsp3) is 0.500. The summed E-state index contributed by atoms with van der Waals surface area (Å²) in [5, 5.41) is 0. The molecule has 1 aromatic rings. The molecule has 90 valence electrons. The predicted molar refractivity (Wildman–Crippen MR) is 75.1 cm³/mol. The van der Waals surface area contributed by atoms with Gasteiger partial charge < -0.3 is 0 Å². The quantitative estimate of drug-likeness (QED) is 0.583. The Morgan fingerprint density at radius 1 is 1.25 bits per heavy atom. The summed E-state index contributed by atoms with van der Waals surface area (Å²) < 4.78 is 0. The molecule has 0 N–H and O–H groups in total. The van der Waals surface area contributed by atoms with Gasteiger partial charge in [-0.3, -0.25) is 0 Å². The summed E-state index contributed by atoms with van der Waals surface area (Å²) >= 11 is 0. The number of hydrogen-bond acceptors (Lipinski definition) is 0. The first-order valence-electron chi connectivity index (χ1n) is 6.17. The Kier molecular flexibility index (Phi) is 6.80. The molecule has 0 heteroatoms. The molecule has 0 nitrogen and oxygen atoms in total. The summed E-state index contributed by atoms with van der Waals surface area (Å²) in [6.45, 7) is 16.9. The van der Waals surface area contributed by atoms with Gasteiger partial charge in [-0.1, -0.05) is 57.5 Å². The molecular formula is C16H26. The Morgan fingerprint density at radius 2 is 1.75 bits per heavy atom. The number of rotatable bonds is 2. The van der Waals surface area contributed by atoms with Crippen LogP contribution in [0.2, 0.25) is 0 Å². The van der Waals surface area contributed by atoms with Gasteiger partial charge in [0.2, 0.25) is 0 Å². The summed E-state index contributed by atoms with van der Waals surface area (Å²) in [7, 11) is 0. The first kappa shape index (κ1) is 15.0. The van der Waals surface area contributed by atoms with E-state index < -0.39 is 0 Å². The third-order valence-electron chi connectivity index (χ3n) is 2.85. The van der Waals surface area contributed by atoms with E-state index in [1.165, 1.54) is 28.7 Å². The average Bonchev–Trinajstić information content (AvgIpc) is 2.22. The maximum absolute atomic E-state index is 4.00. The zero-order chi connectivity index (χ0) is 12.7. The van der Waals surface area contributed by atoms with Crippen molar-refractivity contribution in [3.63, 3.8) is 0 Å². The van der Waals surface area contributed by atoms with E-state index in [1.807, 2.05) is 0 Å². The van der Waals surface area contributed by atoms with E-state index in [0.29, 0.717) is 5.92 Å². The monoisotopic (exact) mass is 218 g/mol. The second-order valence-corrected chi connectivity index (χ2v) is 4.56. The highest BCUT2D eigenvalue weighted by Crippen LogP contribution is 2.26. The van der Waals surface area contributed by atoms with Crippen LogP contribution in [0.25, 0.3) is 0 Å². The predicted octanol–water partition coefficient (Wildman–Crippen LogP) is 5.40. The largest absolute Gasteiger partial charge is 0.0995 e. The zero-order valence-corrected chi connectivity index (χ0v) is 11.7. The normalized spacial score (nSPS) is 11.4. The van der Waals surface area contributed by atoms with Crippen molar-refractivity contribution in [2.24, 2.45) is 0 Å². The van der Waals surface area contributed by atoms with Crippen LogP contribution in [0.1, 0.15) is 56.7 Å². The van der Waals surface area contributed by atoms with Crippen LogP contribution >= 0.6 is 0 Å². The summed E-state index contributed by atoms with van der Waals surface area (Å²) in [6, 6.07) is 6.47. The van der Waals surface area contributed by atoms with Gasteiger partial charge in [0.25, 0.3) is 0 Å². The molecule has 0 bridgehead atoms. The van der Waals surface area contributed by atoms with Crippen LogP contribution in [0.5, 0.6) is 0 Å². The molecule has 0 amide bonds. The topological polar surface area (TPSA) is 0 Å². The molecular weight excluding hydrogens is 192 g/mol. The van der Waals surface area contributed by atoms with Crippen LogP contribution in [0, 0.1) is 13.8 Å². The van der Waals surface area contributed by atoms with E-state index in [4.69, 9.17) is 0 Å². The highest BCUT2D eigenvalue weighted by Gasteiger charge is 2.09.